The van der Waals surface area contributed by atoms with E-state index in [0.717, 1.165) is 22.3 Å². The Kier molecular flexibility index (Phi) is 3.64. The Morgan fingerprint density at radius 2 is 2.18 bits per heavy atom. The minimum absolute atomic E-state index is 0.614. The highest BCUT2D eigenvalue weighted by Crippen LogP contribution is 2.31. The molecule has 1 aromatic carbocycles. The number of halogens is 1. The molecule has 1 aromatic heterocycles. The summed E-state index contributed by atoms with van der Waals surface area (Å²) in [6, 6.07) is 8.41. The van der Waals surface area contributed by atoms with Crippen LogP contribution < -0.4 is 5.73 Å². The summed E-state index contributed by atoms with van der Waals surface area (Å²) in [4.78, 5) is 0. The van der Waals surface area contributed by atoms with Gasteiger partial charge in [-0.15, -0.1) is 0 Å². The van der Waals surface area contributed by atoms with Crippen LogP contribution in [0.1, 0.15) is 11.3 Å². The predicted octanol–water partition coefficient (Wildman–Crippen LogP) is 2.66. The van der Waals surface area contributed by atoms with E-state index in [0.29, 0.717) is 6.54 Å². The van der Waals surface area contributed by atoms with Crippen LogP contribution in [0.25, 0.3) is 11.3 Å². The highest BCUT2D eigenvalue weighted by atomic mass is 79.9. The third-order valence-corrected chi connectivity index (χ3v) is 3.56. The SMILES string of the molecule is Cc1cccc(-c2c(Br)c(CCN)nn2C)c1. The van der Waals surface area contributed by atoms with E-state index < -0.39 is 0 Å². The Balaban J connectivity index is 2.52. The minimum Gasteiger partial charge on any atom is -0.330 e. The molecule has 0 aliphatic rings. The zero-order valence-electron chi connectivity index (χ0n) is 10.1. The largest absolute Gasteiger partial charge is 0.330 e. The third kappa shape index (κ3) is 2.42. The summed E-state index contributed by atoms with van der Waals surface area (Å²) in [5, 5.41) is 4.50. The summed E-state index contributed by atoms with van der Waals surface area (Å²) in [6.07, 6.45) is 0.792. The number of aryl methyl sites for hydroxylation is 2. The number of benzene rings is 1. The zero-order chi connectivity index (χ0) is 12.4. The quantitative estimate of drug-likeness (QED) is 0.945. The van der Waals surface area contributed by atoms with Gasteiger partial charge in [-0.3, -0.25) is 4.68 Å². The van der Waals surface area contributed by atoms with Gasteiger partial charge in [-0.05, 0) is 35.5 Å². The molecular formula is C13H16BrN3. The van der Waals surface area contributed by atoms with Crippen LogP contribution in [0.4, 0.5) is 0 Å². The van der Waals surface area contributed by atoms with E-state index in [-0.39, 0.29) is 0 Å². The van der Waals surface area contributed by atoms with Gasteiger partial charge in [0.25, 0.3) is 0 Å². The van der Waals surface area contributed by atoms with Crippen LogP contribution >= 0.6 is 15.9 Å². The van der Waals surface area contributed by atoms with Crippen molar-refractivity contribution < 1.29 is 0 Å². The standard InChI is InChI=1S/C13H16BrN3/c1-9-4-3-5-10(8-9)13-12(14)11(6-7-15)16-17(13)2/h3-5,8H,6-7,15H2,1-2H3. The molecule has 2 aromatic rings. The predicted molar refractivity (Wildman–Crippen MR) is 73.8 cm³/mol. The molecule has 3 nitrogen and oxygen atoms in total. The van der Waals surface area contributed by atoms with Crippen LogP contribution in [0.2, 0.25) is 0 Å². The van der Waals surface area contributed by atoms with Crippen molar-refractivity contribution >= 4 is 15.9 Å². The Hall–Kier alpha value is -1.13. The van der Waals surface area contributed by atoms with Gasteiger partial charge in [0, 0.05) is 19.0 Å². The Bertz CT molecular complexity index is 531. The average Bonchev–Trinajstić information content (AvgIpc) is 2.55. The van der Waals surface area contributed by atoms with Gasteiger partial charge in [-0.1, -0.05) is 23.8 Å². The molecule has 0 radical (unpaired) electrons. The van der Waals surface area contributed by atoms with E-state index in [1.165, 1.54) is 11.1 Å². The molecule has 90 valence electrons. The maximum Gasteiger partial charge on any atom is 0.0824 e. The van der Waals surface area contributed by atoms with Crippen molar-refractivity contribution in [1.82, 2.24) is 9.78 Å². The Morgan fingerprint density at radius 1 is 1.41 bits per heavy atom. The second kappa shape index (κ2) is 5.02. The van der Waals surface area contributed by atoms with Gasteiger partial charge >= 0.3 is 0 Å². The number of rotatable bonds is 3. The lowest BCUT2D eigenvalue weighted by Gasteiger charge is -2.04. The van der Waals surface area contributed by atoms with Crippen molar-refractivity contribution in [1.29, 1.82) is 0 Å². The van der Waals surface area contributed by atoms with E-state index in [4.69, 9.17) is 5.73 Å². The molecular weight excluding hydrogens is 278 g/mol. The van der Waals surface area contributed by atoms with Crippen LogP contribution in [0.5, 0.6) is 0 Å². The molecule has 4 heteroatoms. The minimum atomic E-state index is 0.614. The van der Waals surface area contributed by atoms with E-state index in [1.807, 2.05) is 11.7 Å². The molecule has 2 rings (SSSR count). The van der Waals surface area contributed by atoms with E-state index in [2.05, 4.69) is 52.2 Å². The highest BCUT2D eigenvalue weighted by Gasteiger charge is 2.14. The first-order valence-corrected chi connectivity index (χ1v) is 6.41. The van der Waals surface area contributed by atoms with Crippen LogP contribution in [0, 0.1) is 6.92 Å². The molecule has 0 amide bonds. The Labute approximate surface area is 110 Å². The average molecular weight is 294 g/mol. The third-order valence-electron chi connectivity index (χ3n) is 2.73. The number of aromatic nitrogens is 2. The second-order valence-electron chi connectivity index (χ2n) is 4.14. The van der Waals surface area contributed by atoms with Crippen molar-refractivity contribution in [2.24, 2.45) is 12.8 Å². The van der Waals surface area contributed by atoms with E-state index >= 15 is 0 Å². The fourth-order valence-corrected chi connectivity index (χ4v) is 2.72. The molecule has 0 aliphatic heterocycles. The van der Waals surface area contributed by atoms with Gasteiger partial charge < -0.3 is 5.73 Å². The van der Waals surface area contributed by atoms with Crippen molar-refractivity contribution in [3.05, 3.63) is 40.0 Å². The summed E-state index contributed by atoms with van der Waals surface area (Å²) < 4.78 is 2.96. The second-order valence-corrected chi connectivity index (χ2v) is 4.93. The fourth-order valence-electron chi connectivity index (χ4n) is 1.96. The van der Waals surface area contributed by atoms with Gasteiger partial charge in [0.05, 0.1) is 15.9 Å². The zero-order valence-corrected chi connectivity index (χ0v) is 11.7. The summed E-state index contributed by atoms with van der Waals surface area (Å²) in [5.74, 6) is 0. The molecule has 0 saturated heterocycles. The maximum absolute atomic E-state index is 5.58. The normalized spacial score (nSPS) is 10.8. The molecule has 2 N–H and O–H groups in total. The van der Waals surface area contributed by atoms with Crippen molar-refractivity contribution in [2.75, 3.05) is 6.54 Å². The number of nitrogens with two attached hydrogens (primary N) is 1. The van der Waals surface area contributed by atoms with Crippen molar-refractivity contribution in [2.45, 2.75) is 13.3 Å². The number of nitrogens with zero attached hydrogens (tertiary/aromatic N) is 2. The maximum atomic E-state index is 5.58. The molecule has 0 saturated carbocycles. The van der Waals surface area contributed by atoms with Gasteiger partial charge in [0.2, 0.25) is 0 Å². The van der Waals surface area contributed by atoms with Crippen LogP contribution in [-0.2, 0) is 13.5 Å². The van der Waals surface area contributed by atoms with Crippen LogP contribution in [0.3, 0.4) is 0 Å². The van der Waals surface area contributed by atoms with Crippen LogP contribution in [-0.4, -0.2) is 16.3 Å². The van der Waals surface area contributed by atoms with Gasteiger partial charge in [-0.25, -0.2) is 0 Å². The summed E-state index contributed by atoms with van der Waals surface area (Å²) in [7, 11) is 1.96. The van der Waals surface area contributed by atoms with E-state index in [9.17, 15) is 0 Å². The van der Waals surface area contributed by atoms with E-state index in [1.54, 1.807) is 0 Å². The number of hydrogen-bond donors (Lipinski definition) is 1. The van der Waals surface area contributed by atoms with Crippen molar-refractivity contribution in [3.63, 3.8) is 0 Å². The fraction of sp³-hybridized carbons (Fsp3) is 0.308. The van der Waals surface area contributed by atoms with Gasteiger partial charge in [0.15, 0.2) is 0 Å². The summed E-state index contributed by atoms with van der Waals surface area (Å²) in [5.41, 5.74) is 10.1. The smallest absolute Gasteiger partial charge is 0.0824 e. The molecule has 0 unspecified atom stereocenters. The van der Waals surface area contributed by atoms with Crippen LogP contribution in [0.15, 0.2) is 28.7 Å². The molecule has 0 atom stereocenters. The first-order valence-electron chi connectivity index (χ1n) is 5.62. The number of hydrogen-bond acceptors (Lipinski definition) is 2. The molecule has 0 spiro atoms. The lowest BCUT2D eigenvalue weighted by Crippen LogP contribution is -2.04. The summed E-state index contributed by atoms with van der Waals surface area (Å²) in [6.45, 7) is 2.71. The summed E-state index contributed by atoms with van der Waals surface area (Å²) >= 11 is 3.63. The van der Waals surface area contributed by atoms with Crippen molar-refractivity contribution in [3.8, 4) is 11.3 Å². The molecule has 0 bridgehead atoms. The molecule has 1 heterocycles. The Morgan fingerprint density at radius 3 is 2.82 bits per heavy atom. The lowest BCUT2D eigenvalue weighted by molar-refractivity contribution is 0.745. The topological polar surface area (TPSA) is 43.8 Å². The molecule has 0 aliphatic carbocycles. The van der Waals surface area contributed by atoms with Gasteiger partial charge in [-0.2, -0.15) is 5.10 Å². The highest BCUT2D eigenvalue weighted by molar-refractivity contribution is 9.10. The monoisotopic (exact) mass is 293 g/mol. The molecule has 17 heavy (non-hydrogen) atoms. The lowest BCUT2D eigenvalue weighted by atomic mass is 10.1. The first kappa shape index (κ1) is 12.3. The molecule has 0 fully saturated rings. The van der Waals surface area contributed by atoms with Gasteiger partial charge in [0.1, 0.15) is 0 Å². The first-order chi connectivity index (χ1) is 8.13.